The van der Waals surface area contributed by atoms with Gasteiger partial charge in [-0.25, -0.2) is 4.98 Å². The minimum Gasteiger partial charge on any atom is -0.389 e. The molecule has 1 atom stereocenters. The number of ketones is 2. The molecule has 12 heteroatoms. The third-order valence-corrected chi connectivity index (χ3v) is 5.05. The lowest BCUT2D eigenvalue weighted by Gasteiger charge is -2.16. The van der Waals surface area contributed by atoms with Crippen molar-refractivity contribution in [2.75, 3.05) is 52.7 Å². The van der Waals surface area contributed by atoms with Gasteiger partial charge in [-0.3, -0.25) is 19.2 Å². The molecule has 0 aliphatic heterocycles. The van der Waals surface area contributed by atoms with Crippen LogP contribution >= 0.6 is 0 Å². The Morgan fingerprint density at radius 1 is 1.06 bits per heavy atom. The molecular formula is C23H39N5O7. The quantitative estimate of drug-likeness (QED) is 0.130. The standard InChI is InChI=1S/C23H39N5O7/c1-2-22(32)26-9-10-34-11-12-35-16-23(33)25-8-4-3-5-20(21(31)15-29)27-14-19(30)7-6-18-13-24-17-28-18/h13,17,20,27,29H,2-12,14-16H2,1H3,(H,24,28)(H,25,33)(H,26,32)/t20-/m0/s1. The van der Waals surface area contributed by atoms with Crippen LogP contribution in [0.3, 0.4) is 0 Å². The number of rotatable bonds is 22. The number of nitrogens with zero attached hydrogens (tertiary/aromatic N) is 1. The molecule has 5 N–H and O–H groups in total. The van der Waals surface area contributed by atoms with E-state index in [0.29, 0.717) is 64.8 Å². The van der Waals surface area contributed by atoms with Gasteiger partial charge in [-0.2, -0.15) is 0 Å². The number of aliphatic hydroxyl groups is 1. The number of amides is 2. The molecule has 0 radical (unpaired) electrons. The minimum absolute atomic E-state index is 0.0272. The van der Waals surface area contributed by atoms with Crippen molar-refractivity contribution in [3.8, 4) is 0 Å². The number of aliphatic hydroxyl groups excluding tert-OH is 1. The van der Waals surface area contributed by atoms with Gasteiger partial charge in [0.15, 0.2) is 5.78 Å². The van der Waals surface area contributed by atoms with Crippen LogP contribution in [0.2, 0.25) is 0 Å². The van der Waals surface area contributed by atoms with Crippen molar-refractivity contribution >= 4 is 23.4 Å². The first kappa shape index (κ1) is 30.4. The number of aryl methyl sites for hydroxylation is 1. The Labute approximate surface area is 205 Å². The van der Waals surface area contributed by atoms with E-state index in [9.17, 15) is 24.3 Å². The molecule has 198 valence electrons. The number of nitrogens with one attached hydrogen (secondary N) is 4. The maximum atomic E-state index is 12.1. The van der Waals surface area contributed by atoms with Crippen LogP contribution in [-0.2, 0) is 35.1 Å². The number of hydrogen-bond donors (Lipinski definition) is 5. The predicted molar refractivity (Wildman–Crippen MR) is 128 cm³/mol. The molecule has 0 fully saturated rings. The number of unbranched alkanes of at least 4 members (excludes halogenated alkanes) is 1. The number of carbonyl (C=O) groups excluding carboxylic acids is 4. The Morgan fingerprint density at radius 2 is 1.83 bits per heavy atom. The van der Waals surface area contributed by atoms with Gasteiger partial charge >= 0.3 is 0 Å². The Morgan fingerprint density at radius 3 is 2.54 bits per heavy atom. The number of aromatic nitrogens is 2. The first-order chi connectivity index (χ1) is 17.0. The average Bonchev–Trinajstić information content (AvgIpc) is 3.39. The molecule has 0 aromatic carbocycles. The summed E-state index contributed by atoms with van der Waals surface area (Å²) in [4.78, 5) is 53.7. The van der Waals surface area contributed by atoms with E-state index in [1.54, 1.807) is 19.4 Å². The first-order valence-electron chi connectivity index (χ1n) is 12.0. The van der Waals surface area contributed by atoms with Crippen LogP contribution in [0.25, 0.3) is 0 Å². The molecule has 0 saturated heterocycles. The Hall–Kier alpha value is -2.67. The molecule has 1 rings (SSSR count). The Kier molecular flexibility index (Phi) is 17.0. The molecular weight excluding hydrogens is 458 g/mol. The van der Waals surface area contributed by atoms with Crippen molar-refractivity contribution < 1.29 is 33.8 Å². The Balaban J connectivity index is 2.06. The van der Waals surface area contributed by atoms with E-state index in [1.165, 1.54) is 0 Å². The fourth-order valence-electron chi connectivity index (χ4n) is 3.03. The van der Waals surface area contributed by atoms with E-state index < -0.39 is 12.6 Å². The molecule has 12 nitrogen and oxygen atoms in total. The lowest BCUT2D eigenvalue weighted by atomic mass is 10.0. The summed E-state index contributed by atoms with van der Waals surface area (Å²) in [5.74, 6) is -0.667. The van der Waals surface area contributed by atoms with E-state index in [0.717, 1.165) is 5.69 Å². The molecule has 0 aliphatic rings. The first-order valence-corrected chi connectivity index (χ1v) is 12.0. The van der Waals surface area contributed by atoms with Gasteiger partial charge in [-0.15, -0.1) is 0 Å². The van der Waals surface area contributed by atoms with Crippen molar-refractivity contribution in [3.63, 3.8) is 0 Å². The number of imidazole rings is 1. The van der Waals surface area contributed by atoms with Crippen molar-refractivity contribution in [3.05, 3.63) is 18.2 Å². The van der Waals surface area contributed by atoms with Crippen molar-refractivity contribution in [2.45, 2.75) is 51.5 Å². The highest BCUT2D eigenvalue weighted by molar-refractivity contribution is 5.86. The maximum absolute atomic E-state index is 12.1. The predicted octanol–water partition coefficient (Wildman–Crippen LogP) is -0.723. The summed E-state index contributed by atoms with van der Waals surface area (Å²) in [7, 11) is 0. The maximum Gasteiger partial charge on any atom is 0.245 e. The summed E-state index contributed by atoms with van der Waals surface area (Å²) in [6, 6.07) is -0.606. The minimum atomic E-state index is -0.606. The molecule has 2 amide bonds. The summed E-state index contributed by atoms with van der Waals surface area (Å²) in [6.45, 7) is 3.01. The van der Waals surface area contributed by atoms with Crippen LogP contribution < -0.4 is 16.0 Å². The highest BCUT2D eigenvalue weighted by Crippen LogP contribution is 2.03. The molecule has 1 aromatic rings. The normalized spacial score (nSPS) is 11.7. The zero-order valence-corrected chi connectivity index (χ0v) is 20.5. The third kappa shape index (κ3) is 15.8. The SMILES string of the molecule is CCC(=O)NCCOCCOCC(=O)NCCCC[C@H](NCC(=O)CCc1cnc[nH]1)C(=O)CO. The molecule has 0 saturated carbocycles. The van der Waals surface area contributed by atoms with Crippen molar-refractivity contribution in [1.29, 1.82) is 0 Å². The van der Waals surface area contributed by atoms with E-state index >= 15 is 0 Å². The molecule has 35 heavy (non-hydrogen) atoms. The number of H-pyrrole nitrogens is 1. The van der Waals surface area contributed by atoms with Crippen LogP contribution in [0, 0.1) is 0 Å². The zero-order chi connectivity index (χ0) is 25.7. The molecule has 0 bridgehead atoms. The molecule has 0 unspecified atom stereocenters. The largest absolute Gasteiger partial charge is 0.389 e. The summed E-state index contributed by atoms with van der Waals surface area (Å²) < 4.78 is 10.5. The lowest BCUT2D eigenvalue weighted by molar-refractivity contribution is -0.126. The number of ether oxygens (including phenoxy) is 2. The van der Waals surface area contributed by atoms with Gasteiger partial charge in [-0.05, 0) is 25.7 Å². The highest BCUT2D eigenvalue weighted by Gasteiger charge is 2.18. The van der Waals surface area contributed by atoms with Crippen LogP contribution in [0.4, 0.5) is 0 Å². The highest BCUT2D eigenvalue weighted by atomic mass is 16.5. The number of Topliss-reactive ketones (excluding diaryl/α,β-unsaturated/α-hetero) is 2. The van der Waals surface area contributed by atoms with Crippen LogP contribution in [0.5, 0.6) is 0 Å². The van der Waals surface area contributed by atoms with Gasteiger partial charge in [0.2, 0.25) is 11.8 Å². The fraction of sp³-hybridized carbons (Fsp3) is 0.696. The zero-order valence-electron chi connectivity index (χ0n) is 20.5. The fourth-order valence-corrected chi connectivity index (χ4v) is 3.03. The Bertz CT molecular complexity index is 743. The van der Waals surface area contributed by atoms with E-state index in [4.69, 9.17) is 9.47 Å². The summed E-state index contributed by atoms with van der Waals surface area (Å²) in [6.07, 6.45) is 6.26. The van der Waals surface area contributed by atoms with Crippen LogP contribution in [0.15, 0.2) is 12.5 Å². The summed E-state index contributed by atoms with van der Waals surface area (Å²) >= 11 is 0. The van der Waals surface area contributed by atoms with Crippen LogP contribution in [0.1, 0.15) is 44.7 Å². The second-order valence-electron chi connectivity index (χ2n) is 7.89. The molecule has 0 aliphatic carbocycles. The van der Waals surface area contributed by atoms with Gasteiger partial charge in [0.25, 0.3) is 0 Å². The van der Waals surface area contributed by atoms with Gasteiger partial charge in [0, 0.05) is 37.8 Å². The molecule has 0 spiro atoms. The van der Waals surface area contributed by atoms with Gasteiger partial charge < -0.3 is 35.5 Å². The summed E-state index contributed by atoms with van der Waals surface area (Å²) in [5.41, 5.74) is 0.871. The van der Waals surface area contributed by atoms with Gasteiger partial charge in [0.05, 0.1) is 38.7 Å². The second-order valence-corrected chi connectivity index (χ2v) is 7.89. The lowest BCUT2D eigenvalue weighted by Crippen LogP contribution is -2.41. The van der Waals surface area contributed by atoms with E-state index in [1.807, 2.05) is 0 Å². The number of hydrogen-bond acceptors (Lipinski definition) is 9. The van der Waals surface area contributed by atoms with Crippen LogP contribution in [-0.4, -0.2) is 97.2 Å². The molecule has 1 aromatic heterocycles. The second kappa shape index (κ2) is 19.6. The van der Waals surface area contributed by atoms with Crippen molar-refractivity contribution in [2.24, 2.45) is 0 Å². The summed E-state index contributed by atoms with van der Waals surface area (Å²) in [5, 5.41) is 17.6. The van der Waals surface area contributed by atoms with Gasteiger partial charge in [0.1, 0.15) is 19.0 Å². The van der Waals surface area contributed by atoms with Gasteiger partial charge in [-0.1, -0.05) is 6.92 Å². The molecule has 1 heterocycles. The van der Waals surface area contributed by atoms with E-state index in [-0.39, 0.29) is 43.1 Å². The smallest absolute Gasteiger partial charge is 0.245 e. The van der Waals surface area contributed by atoms with Crippen molar-refractivity contribution in [1.82, 2.24) is 25.9 Å². The third-order valence-electron chi connectivity index (χ3n) is 5.05. The average molecular weight is 498 g/mol. The number of carbonyl (C=O) groups is 4. The monoisotopic (exact) mass is 497 g/mol. The topological polar surface area (TPSA) is 172 Å². The van der Waals surface area contributed by atoms with E-state index in [2.05, 4.69) is 25.9 Å². The number of aromatic amines is 1.